The van der Waals surface area contributed by atoms with Crippen LogP contribution in [-0.2, 0) is 6.42 Å². The molecule has 31 heavy (non-hydrogen) atoms. The number of aromatic nitrogens is 1. The maximum Gasteiger partial charge on any atom is 0.291 e. The van der Waals surface area contributed by atoms with Crippen LogP contribution in [0.5, 0.6) is 0 Å². The van der Waals surface area contributed by atoms with E-state index in [1.54, 1.807) is 24.4 Å². The SMILES string of the molecule is Cc1cc(C)cc(NC(=O)c2oc3c(c2C)/C(=N/NC(=O)c2ccccn2)CCC3)c1. The molecule has 1 aliphatic rings. The van der Waals surface area contributed by atoms with E-state index in [9.17, 15) is 9.59 Å². The first-order valence-electron chi connectivity index (χ1n) is 10.2. The van der Waals surface area contributed by atoms with Gasteiger partial charge in [0.05, 0.1) is 5.71 Å². The second-order valence-corrected chi connectivity index (χ2v) is 7.75. The molecule has 2 aromatic heterocycles. The number of nitrogens with one attached hydrogen (secondary N) is 2. The van der Waals surface area contributed by atoms with Gasteiger partial charge in [0, 0.05) is 29.4 Å². The summed E-state index contributed by atoms with van der Waals surface area (Å²) in [5, 5.41) is 7.25. The Bertz CT molecular complexity index is 1160. The summed E-state index contributed by atoms with van der Waals surface area (Å²) in [6.07, 6.45) is 3.80. The fourth-order valence-corrected chi connectivity index (χ4v) is 3.90. The number of benzene rings is 1. The smallest absolute Gasteiger partial charge is 0.291 e. The molecule has 0 unspecified atom stereocenters. The standard InChI is InChI=1S/C24H24N4O3/c1-14-11-15(2)13-17(12-14)26-24(30)22-16(3)21-18(8-6-9-20(21)31-22)27-28-23(29)19-7-4-5-10-25-19/h4-5,7,10-13H,6,8-9H2,1-3H3,(H,26,30)(H,28,29)/b27-18+. The number of fused-ring (bicyclic) bond motifs is 1. The molecule has 0 atom stereocenters. The quantitative estimate of drug-likeness (QED) is 0.619. The van der Waals surface area contributed by atoms with Crippen molar-refractivity contribution in [2.24, 2.45) is 5.10 Å². The van der Waals surface area contributed by atoms with E-state index in [2.05, 4.69) is 26.9 Å². The first-order valence-corrected chi connectivity index (χ1v) is 10.2. The van der Waals surface area contributed by atoms with Gasteiger partial charge in [-0.1, -0.05) is 12.1 Å². The second kappa shape index (κ2) is 8.55. The first-order chi connectivity index (χ1) is 14.9. The third kappa shape index (κ3) is 4.40. The van der Waals surface area contributed by atoms with Gasteiger partial charge < -0.3 is 9.73 Å². The Kier molecular flexibility index (Phi) is 5.66. The maximum absolute atomic E-state index is 12.9. The van der Waals surface area contributed by atoms with Crippen LogP contribution >= 0.6 is 0 Å². The van der Waals surface area contributed by atoms with Gasteiger partial charge in [-0.05, 0) is 69.0 Å². The minimum atomic E-state index is -0.380. The van der Waals surface area contributed by atoms with Crippen molar-refractivity contribution < 1.29 is 14.0 Å². The number of carbonyl (C=O) groups excluding carboxylic acids is 2. The van der Waals surface area contributed by atoms with Gasteiger partial charge in [0.1, 0.15) is 11.5 Å². The topological polar surface area (TPSA) is 96.6 Å². The molecular weight excluding hydrogens is 392 g/mol. The molecule has 7 heteroatoms. The van der Waals surface area contributed by atoms with Crippen LogP contribution < -0.4 is 10.7 Å². The summed E-state index contributed by atoms with van der Waals surface area (Å²) in [7, 11) is 0. The molecule has 0 bridgehead atoms. The zero-order valence-corrected chi connectivity index (χ0v) is 17.8. The molecule has 2 heterocycles. The first kappa shape index (κ1) is 20.5. The summed E-state index contributed by atoms with van der Waals surface area (Å²) >= 11 is 0. The van der Waals surface area contributed by atoms with Gasteiger partial charge in [-0.15, -0.1) is 0 Å². The van der Waals surface area contributed by atoms with Crippen LogP contribution in [0.4, 0.5) is 5.69 Å². The molecule has 3 aromatic rings. The highest BCUT2D eigenvalue weighted by molar-refractivity contribution is 6.09. The monoisotopic (exact) mass is 416 g/mol. The van der Waals surface area contributed by atoms with Crippen molar-refractivity contribution in [3.05, 3.63) is 82.1 Å². The summed E-state index contributed by atoms with van der Waals surface area (Å²) in [6.45, 7) is 5.82. The van der Waals surface area contributed by atoms with Crippen LogP contribution in [-0.4, -0.2) is 22.5 Å². The molecule has 2 amide bonds. The van der Waals surface area contributed by atoms with Crippen LogP contribution in [0.15, 0.2) is 52.1 Å². The number of aryl methyl sites for hydroxylation is 3. The Morgan fingerprint density at radius 2 is 1.81 bits per heavy atom. The predicted molar refractivity (Wildman–Crippen MR) is 118 cm³/mol. The maximum atomic E-state index is 12.9. The van der Waals surface area contributed by atoms with E-state index in [-0.39, 0.29) is 17.6 Å². The zero-order chi connectivity index (χ0) is 22.0. The van der Waals surface area contributed by atoms with Crippen molar-refractivity contribution in [1.82, 2.24) is 10.4 Å². The van der Waals surface area contributed by atoms with Crippen LogP contribution in [0.1, 0.15) is 61.9 Å². The minimum absolute atomic E-state index is 0.273. The number of pyridine rings is 1. The Morgan fingerprint density at radius 3 is 2.52 bits per heavy atom. The Labute approximate surface area is 180 Å². The van der Waals surface area contributed by atoms with Crippen molar-refractivity contribution in [2.75, 3.05) is 5.32 Å². The number of nitrogens with zero attached hydrogens (tertiary/aromatic N) is 2. The lowest BCUT2D eigenvalue weighted by atomic mass is 9.93. The Morgan fingerprint density at radius 1 is 1.03 bits per heavy atom. The van der Waals surface area contributed by atoms with E-state index < -0.39 is 0 Å². The highest BCUT2D eigenvalue weighted by Gasteiger charge is 2.28. The summed E-state index contributed by atoms with van der Waals surface area (Å²) in [5.41, 5.74) is 7.97. The largest absolute Gasteiger partial charge is 0.455 e. The van der Waals surface area contributed by atoms with E-state index in [1.807, 2.05) is 32.9 Å². The van der Waals surface area contributed by atoms with Gasteiger partial charge in [0.25, 0.3) is 11.8 Å². The second-order valence-electron chi connectivity index (χ2n) is 7.75. The molecule has 0 aliphatic heterocycles. The molecule has 0 radical (unpaired) electrons. The number of hydrogen-bond acceptors (Lipinski definition) is 5. The fraction of sp³-hybridized carbons (Fsp3) is 0.250. The molecule has 7 nitrogen and oxygen atoms in total. The predicted octanol–water partition coefficient (Wildman–Crippen LogP) is 4.32. The lowest BCUT2D eigenvalue weighted by molar-refractivity contribution is 0.0948. The number of rotatable bonds is 4. The van der Waals surface area contributed by atoms with Crippen molar-refractivity contribution in [3.8, 4) is 0 Å². The third-order valence-corrected chi connectivity index (χ3v) is 5.20. The number of amides is 2. The molecule has 0 fully saturated rings. The highest BCUT2D eigenvalue weighted by Crippen LogP contribution is 2.30. The van der Waals surface area contributed by atoms with E-state index >= 15 is 0 Å². The van der Waals surface area contributed by atoms with Crippen LogP contribution in [0.25, 0.3) is 0 Å². The number of carbonyl (C=O) groups is 2. The molecule has 1 aromatic carbocycles. The average Bonchev–Trinajstić information content (AvgIpc) is 3.09. The molecule has 2 N–H and O–H groups in total. The highest BCUT2D eigenvalue weighted by atomic mass is 16.4. The summed E-state index contributed by atoms with van der Waals surface area (Å²) in [5.74, 6) is 0.317. The van der Waals surface area contributed by atoms with Gasteiger partial charge in [0.2, 0.25) is 0 Å². The minimum Gasteiger partial charge on any atom is -0.455 e. The zero-order valence-electron chi connectivity index (χ0n) is 17.8. The van der Waals surface area contributed by atoms with Crippen molar-refractivity contribution in [3.63, 3.8) is 0 Å². The molecule has 158 valence electrons. The molecular formula is C24H24N4O3. The number of hydrazone groups is 1. The van der Waals surface area contributed by atoms with Crippen LogP contribution in [0.2, 0.25) is 0 Å². The van der Waals surface area contributed by atoms with E-state index in [0.29, 0.717) is 17.8 Å². The molecule has 1 aliphatic carbocycles. The number of anilines is 1. The lowest BCUT2D eigenvalue weighted by Gasteiger charge is -2.13. The fourth-order valence-electron chi connectivity index (χ4n) is 3.90. The molecule has 0 spiro atoms. The van der Waals surface area contributed by atoms with E-state index in [4.69, 9.17) is 4.42 Å². The lowest BCUT2D eigenvalue weighted by Crippen LogP contribution is -2.22. The van der Waals surface area contributed by atoms with Crippen molar-refractivity contribution in [1.29, 1.82) is 0 Å². The van der Waals surface area contributed by atoms with Crippen LogP contribution in [0, 0.1) is 20.8 Å². The van der Waals surface area contributed by atoms with Gasteiger partial charge in [-0.25, -0.2) is 5.43 Å². The average molecular weight is 416 g/mol. The van der Waals surface area contributed by atoms with Crippen molar-refractivity contribution in [2.45, 2.75) is 40.0 Å². The summed E-state index contributed by atoms with van der Waals surface area (Å²) in [6, 6.07) is 11.0. The Hall–Kier alpha value is -3.74. The van der Waals surface area contributed by atoms with Gasteiger partial charge in [-0.3, -0.25) is 14.6 Å². The number of furan rings is 1. The summed E-state index contributed by atoms with van der Waals surface area (Å²) < 4.78 is 5.94. The molecule has 4 rings (SSSR count). The Balaban J connectivity index is 1.58. The number of hydrogen-bond donors (Lipinski definition) is 2. The third-order valence-electron chi connectivity index (χ3n) is 5.20. The van der Waals surface area contributed by atoms with Crippen molar-refractivity contribution >= 4 is 23.2 Å². The van der Waals surface area contributed by atoms with Gasteiger partial charge in [0.15, 0.2) is 5.76 Å². The van der Waals surface area contributed by atoms with Gasteiger partial charge >= 0.3 is 0 Å². The van der Waals surface area contributed by atoms with E-state index in [1.165, 1.54) is 0 Å². The molecule has 0 saturated heterocycles. The summed E-state index contributed by atoms with van der Waals surface area (Å²) in [4.78, 5) is 29.2. The van der Waals surface area contributed by atoms with Gasteiger partial charge in [-0.2, -0.15) is 5.10 Å². The normalized spacial score (nSPS) is 14.2. The van der Waals surface area contributed by atoms with Crippen LogP contribution in [0.3, 0.4) is 0 Å². The van der Waals surface area contributed by atoms with E-state index in [0.717, 1.165) is 46.5 Å². The molecule has 0 saturated carbocycles.